The van der Waals surface area contributed by atoms with Crippen molar-refractivity contribution in [3.63, 3.8) is 0 Å². The van der Waals surface area contributed by atoms with E-state index in [-0.39, 0.29) is 50.7 Å². The molecule has 11 aromatic rings. The molecule has 7 aromatic carbocycles. The summed E-state index contributed by atoms with van der Waals surface area (Å²) in [6.45, 7) is 0. The summed E-state index contributed by atoms with van der Waals surface area (Å²) < 4.78 is 111. The lowest BCUT2D eigenvalue weighted by Gasteiger charge is -2.11. The minimum atomic E-state index is -0.691. The number of fused-ring (bicyclic) bond motifs is 10. The van der Waals surface area contributed by atoms with Crippen LogP contribution in [0.25, 0.3) is 106 Å². The van der Waals surface area contributed by atoms with E-state index in [1.54, 1.807) is 12.1 Å². The predicted molar refractivity (Wildman–Crippen MR) is 205 cm³/mol. The molecule has 6 nitrogen and oxygen atoms in total. The summed E-state index contributed by atoms with van der Waals surface area (Å²) in [6, 6.07) is 21.8. The number of nitrogens with zero attached hydrogens (tertiary/aromatic N) is 4. The van der Waals surface area contributed by atoms with Gasteiger partial charge in [0.05, 0.1) is 31.5 Å². The van der Waals surface area contributed by atoms with Crippen LogP contribution in [0.2, 0.25) is 0 Å². The first-order chi connectivity index (χ1) is 29.9. The fraction of sp³-hybridized carbons (Fsp3) is 0. The van der Waals surface area contributed by atoms with Crippen molar-refractivity contribution in [1.82, 2.24) is 19.5 Å². The zero-order valence-corrected chi connectivity index (χ0v) is 26.3. The summed E-state index contributed by atoms with van der Waals surface area (Å²) in [5, 5.41) is 3.16. The molecule has 4 aromatic heterocycles. The molecule has 0 radical (unpaired) electrons. The van der Waals surface area contributed by atoms with Crippen LogP contribution in [-0.2, 0) is 0 Å². The summed E-state index contributed by atoms with van der Waals surface area (Å²) in [7, 11) is 0. The largest absolute Gasteiger partial charge is 0.456 e. The van der Waals surface area contributed by atoms with Crippen molar-refractivity contribution in [2.24, 2.45) is 0 Å². The lowest BCUT2D eigenvalue weighted by Crippen LogP contribution is -2.06. The van der Waals surface area contributed by atoms with Crippen LogP contribution >= 0.6 is 0 Å². The number of hydrogen-bond donors (Lipinski definition) is 0. The molecule has 0 amide bonds. The van der Waals surface area contributed by atoms with Crippen molar-refractivity contribution in [3.8, 4) is 39.9 Å². The van der Waals surface area contributed by atoms with Crippen LogP contribution in [0.4, 0.5) is 0 Å². The second kappa shape index (κ2) is 10.7. The highest BCUT2D eigenvalue weighted by atomic mass is 16.3. The van der Waals surface area contributed by atoms with Gasteiger partial charge in [-0.3, -0.25) is 4.57 Å². The Morgan fingerprint density at radius 2 is 1.25 bits per heavy atom. The number of benzene rings is 7. The number of rotatable bonds is 4. The van der Waals surface area contributed by atoms with Gasteiger partial charge in [0, 0.05) is 38.1 Å². The van der Waals surface area contributed by atoms with Crippen LogP contribution in [0.3, 0.4) is 0 Å². The molecule has 238 valence electrons. The molecule has 51 heavy (non-hydrogen) atoms. The maximum absolute atomic E-state index is 9.58. The predicted octanol–water partition coefficient (Wildman–Crippen LogP) is 11.8. The molecule has 0 spiro atoms. The summed E-state index contributed by atoms with van der Waals surface area (Å²) in [5.74, 6) is 0.195. The molecular formula is C45H26N4O2. The number of hydrogen-bond acceptors (Lipinski definition) is 5. The van der Waals surface area contributed by atoms with E-state index in [1.165, 1.54) is 0 Å². The summed E-state index contributed by atoms with van der Waals surface area (Å²) >= 11 is 0. The fourth-order valence-corrected chi connectivity index (χ4v) is 6.87. The van der Waals surface area contributed by atoms with Gasteiger partial charge in [0.2, 0.25) is 5.95 Å². The van der Waals surface area contributed by atoms with Gasteiger partial charge >= 0.3 is 0 Å². The second-order valence-electron chi connectivity index (χ2n) is 11.9. The van der Waals surface area contributed by atoms with Gasteiger partial charge in [-0.25, -0.2) is 4.98 Å². The molecule has 0 bridgehead atoms. The third-order valence-corrected chi connectivity index (χ3v) is 9.08. The summed E-state index contributed by atoms with van der Waals surface area (Å²) in [5.41, 5.74) is 1.78. The van der Waals surface area contributed by atoms with Crippen LogP contribution in [0.5, 0.6) is 0 Å². The van der Waals surface area contributed by atoms with Crippen LogP contribution in [0, 0.1) is 0 Å². The molecular weight excluding hydrogens is 629 g/mol. The maximum atomic E-state index is 9.58. The minimum Gasteiger partial charge on any atom is -0.456 e. The minimum absolute atomic E-state index is 0.139. The highest BCUT2D eigenvalue weighted by Gasteiger charge is 2.22. The SMILES string of the molecule is [2H]c1c([2H])c([2H])c(-c2c([2H])c([2H])c([2H])c3oc4c([2H])c(-c5nc(-c6ccccc6)nc(-n6c7ccccc7c7c8oc9ccccc9c8ccc76)n5)c([2H])c([2H])c4c23)c([2H])c1[2H]. The molecule has 0 N–H and O–H groups in total. The zero-order valence-electron chi connectivity index (χ0n) is 37.3. The first-order valence-corrected chi connectivity index (χ1v) is 16.1. The highest BCUT2D eigenvalue weighted by Crippen LogP contribution is 2.41. The van der Waals surface area contributed by atoms with E-state index in [0.717, 1.165) is 32.6 Å². The Labute approximate surface area is 306 Å². The fourth-order valence-electron chi connectivity index (χ4n) is 6.87. The Morgan fingerprint density at radius 1 is 0.471 bits per heavy atom. The quantitative estimate of drug-likeness (QED) is 0.187. The van der Waals surface area contributed by atoms with Crippen molar-refractivity contribution >= 4 is 65.7 Å². The molecule has 11 rings (SSSR count). The van der Waals surface area contributed by atoms with Crippen LogP contribution in [0.15, 0.2) is 166 Å². The smallest absolute Gasteiger partial charge is 0.238 e. The molecule has 0 atom stereocenters. The van der Waals surface area contributed by atoms with Crippen LogP contribution < -0.4 is 0 Å². The molecule has 0 fully saturated rings. The normalized spacial score (nSPS) is 14.9. The van der Waals surface area contributed by atoms with E-state index in [4.69, 9.17) is 34.8 Å². The Balaban J connectivity index is 1.23. The third kappa shape index (κ3) is 4.20. The van der Waals surface area contributed by atoms with Gasteiger partial charge in [-0.05, 0) is 53.5 Å². The van der Waals surface area contributed by atoms with Crippen molar-refractivity contribution in [2.45, 2.75) is 0 Å². The highest BCUT2D eigenvalue weighted by molar-refractivity contribution is 6.23. The standard InChI is InChI=1S/C45H26N4O2/c1-3-12-27(13-4-1)30-18-11-21-38-40(30)34-23-22-29(26-39(34)50-38)44-46-43(28-14-5-2-6-15-28)47-45(48-44)49-35-19-9-7-17-33(35)41-36(49)25-24-32-31-16-8-10-20-37(31)51-42(32)41/h1-26H/i1D,3D,4D,11D,12D,13D,18D,21D,22D,23D,26D. The van der Waals surface area contributed by atoms with E-state index < -0.39 is 72.0 Å². The van der Waals surface area contributed by atoms with Crippen molar-refractivity contribution in [3.05, 3.63) is 157 Å². The van der Waals surface area contributed by atoms with Gasteiger partial charge in [-0.15, -0.1) is 0 Å². The Kier molecular flexibility index (Phi) is 4.04. The average molecular weight is 666 g/mol. The third-order valence-electron chi connectivity index (χ3n) is 9.08. The molecule has 0 aliphatic heterocycles. The van der Waals surface area contributed by atoms with E-state index in [0.29, 0.717) is 16.7 Å². The van der Waals surface area contributed by atoms with E-state index >= 15 is 0 Å². The van der Waals surface area contributed by atoms with Gasteiger partial charge in [-0.1, -0.05) is 115 Å². The van der Waals surface area contributed by atoms with E-state index in [2.05, 4.69) is 0 Å². The van der Waals surface area contributed by atoms with Gasteiger partial charge in [0.1, 0.15) is 22.3 Å². The summed E-state index contributed by atoms with van der Waals surface area (Å²) in [4.78, 5) is 14.7. The Hall–Kier alpha value is -7.05. The molecule has 0 unspecified atom stereocenters. The Bertz CT molecular complexity index is 3760. The topological polar surface area (TPSA) is 69.9 Å². The van der Waals surface area contributed by atoms with Gasteiger partial charge < -0.3 is 8.83 Å². The monoisotopic (exact) mass is 665 g/mol. The van der Waals surface area contributed by atoms with Gasteiger partial charge in [0.15, 0.2) is 11.6 Å². The molecule has 0 saturated heterocycles. The Morgan fingerprint density at radius 3 is 2.14 bits per heavy atom. The van der Waals surface area contributed by atoms with Crippen molar-refractivity contribution in [1.29, 1.82) is 0 Å². The zero-order chi connectivity index (χ0) is 43.0. The van der Waals surface area contributed by atoms with Gasteiger partial charge in [-0.2, -0.15) is 9.97 Å². The van der Waals surface area contributed by atoms with E-state index in [1.807, 2.05) is 83.4 Å². The second-order valence-corrected chi connectivity index (χ2v) is 11.9. The molecule has 4 heterocycles. The van der Waals surface area contributed by atoms with Crippen LogP contribution in [-0.4, -0.2) is 19.5 Å². The van der Waals surface area contributed by atoms with Crippen molar-refractivity contribution < 1.29 is 23.9 Å². The number of para-hydroxylation sites is 2. The molecule has 0 aliphatic carbocycles. The maximum Gasteiger partial charge on any atom is 0.238 e. The summed E-state index contributed by atoms with van der Waals surface area (Å²) in [6.07, 6.45) is 0. The first-order valence-electron chi connectivity index (χ1n) is 21.6. The average Bonchev–Trinajstić information content (AvgIpc) is 3.98. The lowest BCUT2D eigenvalue weighted by molar-refractivity contribution is 0.669. The van der Waals surface area contributed by atoms with E-state index in [9.17, 15) is 4.11 Å². The van der Waals surface area contributed by atoms with Crippen molar-refractivity contribution in [2.75, 3.05) is 0 Å². The molecule has 0 aliphatic rings. The number of aromatic nitrogens is 4. The van der Waals surface area contributed by atoms with Gasteiger partial charge in [0.25, 0.3) is 0 Å². The lowest BCUT2D eigenvalue weighted by atomic mass is 9.99. The number of furan rings is 2. The van der Waals surface area contributed by atoms with Crippen LogP contribution in [0.1, 0.15) is 15.1 Å². The first kappa shape index (κ1) is 19.2. The molecule has 6 heteroatoms. The molecule has 0 saturated carbocycles.